The molecule has 1 atom stereocenters. The maximum absolute atomic E-state index is 11.4. The molecule has 1 saturated carbocycles. The van der Waals surface area contributed by atoms with Crippen molar-refractivity contribution in [3.63, 3.8) is 0 Å². The lowest BCUT2D eigenvalue weighted by Gasteiger charge is -2.10. The minimum atomic E-state index is -3.40. The van der Waals surface area contributed by atoms with Gasteiger partial charge in [0.05, 0.1) is 11.2 Å². The second-order valence-electron chi connectivity index (χ2n) is 3.46. The molecular weight excluding hydrogens is 202 g/mol. The molecule has 14 heavy (non-hydrogen) atoms. The molecule has 1 aliphatic carbocycles. The van der Waals surface area contributed by atoms with E-state index in [1.54, 1.807) is 0 Å². The second kappa shape index (κ2) is 4.13. The lowest BCUT2D eigenvalue weighted by molar-refractivity contribution is -0.121. The van der Waals surface area contributed by atoms with Gasteiger partial charge in [0.15, 0.2) is 0 Å². The van der Waals surface area contributed by atoms with Gasteiger partial charge in [-0.15, -0.1) is 6.58 Å². The molecule has 0 saturated heterocycles. The van der Waals surface area contributed by atoms with E-state index in [-0.39, 0.29) is 5.25 Å². The van der Waals surface area contributed by atoms with Gasteiger partial charge in [-0.1, -0.05) is 13.0 Å². The van der Waals surface area contributed by atoms with E-state index < -0.39 is 21.8 Å². The highest BCUT2D eigenvalue weighted by atomic mass is 32.2. The summed E-state index contributed by atoms with van der Waals surface area (Å²) < 4.78 is 24.8. The molecule has 1 fully saturated rings. The van der Waals surface area contributed by atoms with Crippen molar-refractivity contribution < 1.29 is 13.2 Å². The van der Waals surface area contributed by atoms with Crippen molar-refractivity contribution in [1.82, 2.24) is 4.72 Å². The summed E-state index contributed by atoms with van der Waals surface area (Å²) >= 11 is 0. The minimum absolute atomic E-state index is 0.353. The maximum Gasteiger partial charge on any atom is 0.240 e. The number of amides is 1. The van der Waals surface area contributed by atoms with Crippen LogP contribution in [0.2, 0.25) is 0 Å². The molecule has 5 heteroatoms. The van der Waals surface area contributed by atoms with Crippen LogP contribution >= 0.6 is 0 Å². The predicted molar refractivity (Wildman–Crippen MR) is 54.1 cm³/mol. The number of carbonyl (C=O) groups excluding carboxylic acids is 1. The van der Waals surface area contributed by atoms with Crippen molar-refractivity contribution in [3.8, 4) is 0 Å². The molecule has 0 aromatic heterocycles. The van der Waals surface area contributed by atoms with Crippen molar-refractivity contribution in [1.29, 1.82) is 0 Å². The van der Waals surface area contributed by atoms with Crippen molar-refractivity contribution in [2.75, 3.05) is 0 Å². The molecule has 1 N–H and O–H groups in total. The van der Waals surface area contributed by atoms with E-state index in [0.29, 0.717) is 19.3 Å². The Morgan fingerprint density at radius 3 is 2.57 bits per heavy atom. The Kier molecular flexibility index (Phi) is 3.31. The third kappa shape index (κ3) is 2.57. The zero-order chi connectivity index (χ0) is 10.8. The molecule has 0 aliphatic heterocycles. The first kappa shape index (κ1) is 11.2. The van der Waals surface area contributed by atoms with Crippen LogP contribution in [0.4, 0.5) is 0 Å². The number of sulfonamides is 1. The average molecular weight is 217 g/mol. The topological polar surface area (TPSA) is 63.2 Å². The zero-order valence-electron chi connectivity index (χ0n) is 8.19. The number of rotatable bonds is 5. The van der Waals surface area contributed by atoms with Crippen molar-refractivity contribution >= 4 is 15.9 Å². The fraction of sp³-hybridized carbons (Fsp3) is 0.667. The van der Waals surface area contributed by atoms with E-state index in [2.05, 4.69) is 11.3 Å². The summed E-state index contributed by atoms with van der Waals surface area (Å²) in [6.45, 7) is 5.30. The van der Waals surface area contributed by atoms with Crippen LogP contribution in [-0.2, 0) is 14.8 Å². The largest absolute Gasteiger partial charge is 0.273 e. The Bertz CT molecular complexity index is 330. The summed E-state index contributed by atoms with van der Waals surface area (Å²) in [4.78, 5) is 11.4. The van der Waals surface area contributed by atoms with Gasteiger partial charge < -0.3 is 0 Å². The lowest BCUT2D eigenvalue weighted by atomic mass is 10.1. The van der Waals surface area contributed by atoms with Gasteiger partial charge in [0.2, 0.25) is 15.9 Å². The SMILES string of the molecule is C=CC(CC)C(=O)NS(=O)(=O)C1CC1. The van der Waals surface area contributed by atoms with E-state index in [4.69, 9.17) is 0 Å². The minimum Gasteiger partial charge on any atom is -0.273 e. The molecule has 4 nitrogen and oxygen atoms in total. The van der Waals surface area contributed by atoms with Crippen molar-refractivity contribution in [2.45, 2.75) is 31.4 Å². The third-order valence-electron chi connectivity index (χ3n) is 2.27. The summed E-state index contributed by atoms with van der Waals surface area (Å²) in [5.41, 5.74) is 0. The van der Waals surface area contributed by atoms with E-state index in [1.165, 1.54) is 6.08 Å². The third-order valence-corrected chi connectivity index (χ3v) is 4.10. The van der Waals surface area contributed by atoms with Crippen molar-refractivity contribution in [2.24, 2.45) is 5.92 Å². The highest BCUT2D eigenvalue weighted by Crippen LogP contribution is 2.27. The highest BCUT2D eigenvalue weighted by Gasteiger charge is 2.37. The summed E-state index contributed by atoms with van der Waals surface area (Å²) in [7, 11) is -3.40. The van der Waals surface area contributed by atoms with Gasteiger partial charge in [-0.25, -0.2) is 8.42 Å². The average Bonchev–Trinajstić information content (AvgIpc) is 2.87. The number of nitrogens with one attached hydrogen (secondary N) is 1. The van der Waals surface area contributed by atoms with E-state index in [1.807, 2.05) is 6.92 Å². The number of hydrogen-bond donors (Lipinski definition) is 1. The summed E-state index contributed by atoms with van der Waals surface area (Å²) in [5, 5.41) is -0.353. The molecule has 0 heterocycles. The molecule has 1 amide bonds. The molecule has 0 bridgehead atoms. The molecule has 0 spiro atoms. The zero-order valence-corrected chi connectivity index (χ0v) is 9.01. The van der Waals surface area contributed by atoms with Crippen molar-refractivity contribution in [3.05, 3.63) is 12.7 Å². The van der Waals surface area contributed by atoms with Crippen LogP contribution in [0.1, 0.15) is 26.2 Å². The Morgan fingerprint density at radius 1 is 1.64 bits per heavy atom. The van der Waals surface area contributed by atoms with Crippen LogP contribution in [0.3, 0.4) is 0 Å². The first-order chi connectivity index (χ1) is 6.51. The van der Waals surface area contributed by atoms with Crippen LogP contribution in [0.15, 0.2) is 12.7 Å². The van der Waals surface area contributed by atoms with Crippen LogP contribution < -0.4 is 4.72 Å². The van der Waals surface area contributed by atoms with E-state index >= 15 is 0 Å². The smallest absolute Gasteiger partial charge is 0.240 e. The van der Waals surface area contributed by atoms with Gasteiger partial charge in [-0.3, -0.25) is 9.52 Å². The Balaban J connectivity index is 2.59. The first-order valence-electron chi connectivity index (χ1n) is 4.69. The van der Waals surface area contributed by atoms with Gasteiger partial charge in [0.1, 0.15) is 0 Å². The molecule has 1 rings (SSSR count). The summed E-state index contributed by atoms with van der Waals surface area (Å²) in [5.74, 6) is -0.877. The summed E-state index contributed by atoms with van der Waals surface area (Å²) in [6, 6.07) is 0. The molecule has 0 aromatic rings. The molecule has 1 aliphatic rings. The van der Waals surface area contributed by atoms with Gasteiger partial charge in [-0.2, -0.15) is 0 Å². The van der Waals surface area contributed by atoms with Gasteiger partial charge >= 0.3 is 0 Å². The molecular formula is C9H15NO3S. The Labute approximate surface area is 84.4 Å². The van der Waals surface area contributed by atoms with Gasteiger partial charge in [-0.05, 0) is 19.3 Å². The molecule has 0 aromatic carbocycles. The predicted octanol–water partition coefficient (Wildman–Crippen LogP) is 0.807. The van der Waals surface area contributed by atoms with Crippen LogP contribution in [0.5, 0.6) is 0 Å². The standard InChI is InChI=1S/C9H15NO3S/c1-3-7(4-2)9(11)10-14(12,13)8-5-6-8/h3,7-8H,1,4-6H2,2H3,(H,10,11). The first-order valence-corrected chi connectivity index (χ1v) is 6.24. The fourth-order valence-electron chi connectivity index (χ4n) is 1.14. The second-order valence-corrected chi connectivity index (χ2v) is 5.42. The Hall–Kier alpha value is -0.840. The number of carbonyl (C=O) groups is 1. The number of hydrogen-bond acceptors (Lipinski definition) is 3. The molecule has 1 unspecified atom stereocenters. The van der Waals surface area contributed by atoms with Crippen LogP contribution in [-0.4, -0.2) is 19.6 Å². The van der Waals surface area contributed by atoms with E-state index in [0.717, 1.165) is 0 Å². The highest BCUT2D eigenvalue weighted by molar-refractivity contribution is 7.90. The normalized spacial score (nSPS) is 18.6. The maximum atomic E-state index is 11.4. The van der Waals surface area contributed by atoms with Gasteiger partial charge in [0, 0.05) is 0 Å². The molecule has 80 valence electrons. The van der Waals surface area contributed by atoms with Crippen LogP contribution in [0.25, 0.3) is 0 Å². The fourth-order valence-corrected chi connectivity index (χ4v) is 2.49. The quantitative estimate of drug-likeness (QED) is 0.693. The lowest BCUT2D eigenvalue weighted by Crippen LogP contribution is -2.36. The van der Waals surface area contributed by atoms with E-state index in [9.17, 15) is 13.2 Å². The summed E-state index contributed by atoms with van der Waals surface area (Å²) in [6.07, 6.45) is 3.36. The monoisotopic (exact) mass is 217 g/mol. The molecule has 0 radical (unpaired) electrons. The van der Waals surface area contributed by atoms with Crippen LogP contribution in [0, 0.1) is 5.92 Å². The van der Waals surface area contributed by atoms with Gasteiger partial charge in [0.25, 0.3) is 0 Å². The Morgan fingerprint density at radius 2 is 2.21 bits per heavy atom.